The van der Waals surface area contributed by atoms with Crippen LogP contribution in [-0.4, -0.2) is 21.0 Å². The highest BCUT2D eigenvalue weighted by molar-refractivity contribution is 7.26. The first kappa shape index (κ1) is 12.7. The lowest BCUT2D eigenvalue weighted by Gasteiger charge is -1.88. The molecule has 3 heterocycles. The number of carboxylic acids is 1. The summed E-state index contributed by atoms with van der Waals surface area (Å²) in [5.74, 6) is -0.966. The maximum atomic E-state index is 11.1. The van der Waals surface area contributed by atoms with Crippen molar-refractivity contribution >= 4 is 38.7 Å². The second-order valence-electron chi connectivity index (χ2n) is 4.04. The number of carboxylic acid groups (broad SMARTS) is 1. The number of hydrogen-bond donors (Lipinski definition) is 1. The second-order valence-corrected chi connectivity index (χ2v) is 6.09. The highest BCUT2D eigenvalue weighted by Crippen LogP contribution is 2.37. The molecule has 20 heavy (non-hydrogen) atoms. The van der Waals surface area contributed by atoms with E-state index in [0.717, 1.165) is 26.3 Å². The van der Waals surface area contributed by atoms with Crippen molar-refractivity contribution < 1.29 is 9.90 Å². The smallest absolute Gasteiger partial charge is 0.347 e. The van der Waals surface area contributed by atoms with E-state index in [9.17, 15) is 4.79 Å². The average Bonchev–Trinajstić information content (AvgIpc) is 3.01. The van der Waals surface area contributed by atoms with Crippen LogP contribution in [0.4, 0.5) is 0 Å². The maximum absolute atomic E-state index is 11.1. The highest BCUT2D eigenvalue weighted by Gasteiger charge is 2.17. The highest BCUT2D eigenvalue weighted by atomic mass is 32.1. The average molecular weight is 301 g/mol. The van der Waals surface area contributed by atoms with Gasteiger partial charge in [-0.25, -0.2) is 14.8 Å². The number of carbonyl (C=O) groups is 1. The van der Waals surface area contributed by atoms with Gasteiger partial charge in [0.15, 0.2) is 5.69 Å². The number of aromatic nitrogens is 2. The Morgan fingerprint density at radius 1 is 1.45 bits per heavy atom. The number of fused-ring (bicyclic) bond motifs is 1. The number of aryl methyl sites for hydroxylation is 1. The summed E-state index contributed by atoms with van der Waals surface area (Å²) in [5.41, 5.74) is 0.888. The minimum atomic E-state index is -0.966. The molecule has 0 radical (unpaired) electrons. The summed E-state index contributed by atoms with van der Waals surface area (Å²) in [6.07, 6.45) is 1.59. The van der Waals surface area contributed by atoms with Gasteiger partial charge in [0, 0.05) is 6.20 Å². The molecule has 0 aliphatic carbocycles. The van der Waals surface area contributed by atoms with E-state index in [4.69, 9.17) is 10.4 Å². The van der Waals surface area contributed by atoms with Gasteiger partial charge in [-0.2, -0.15) is 5.26 Å². The minimum Gasteiger partial charge on any atom is -0.477 e. The van der Waals surface area contributed by atoms with Crippen molar-refractivity contribution in [3.05, 3.63) is 34.6 Å². The lowest BCUT2D eigenvalue weighted by Crippen LogP contribution is -1.94. The quantitative estimate of drug-likeness (QED) is 0.784. The van der Waals surface area contributed by atoms with E-state index in [0.29, 0.717) is 16.4 Å². The van der Waals surface area contributed by atoms with Gasteiger partial charge in [0.1, 0.15) is 16.0 Å². The Morgan fingerprint density at radius 2 is 2.25 bits per heavy atom. The number of rotatable bonds is 2. The van der Waals surface area contributed by atoms with Crippen LogP contribution in [0.5, 0.6) is 0 Å². The summed E-state index contributed by atoms with van der Waals surface area (Å²) >= 11 is 2.55. The molecule has 0 spiro atoms. The molecule has 3 rings (SSSR count). The van der Waals surface area contributed by atoms with Crippen LogP contribution in [0.3, 0.4) is 0 Å². The molecule has 0 atom stereocenters. The summed E-state index contributed by atoms with van der Waals surface area (Å²) < 4.78 is 0.801. The van der Waals surface area contributed by atoms with Gasteiger partial charge in [-0.3, -0.25) is 0 Å². The molecule has 0 bridgehead atoms. The zero-order valence-corrected chi connectivity index (χ0v) is 11.9. The summed E-state index contributed by atoms with van der Waals surface area (Å²) in [7, 11) is 0. The van der Waals surface area contributed by atoms with Crippen LogP contribution in [0.1, 0.15) is 21.1 Å². The lowest BCUT2D eigenvalue weighted by atomic mass is 10.2. The van der Waals surface area contributed by atoms with E-state index in [1.54, 1.807) is 13.1 Å². The van der Waals surface area contributed by atoms with Crippen molar-refractivity contribution in [1.82, 2.24) is 9.97 Å². The zero-order valence-electron chi connectivity index (χ0n) is 10.2. The molecule has 0 unspecified atom stereocenters. The molecule has 3 aromatic rings. The summed E-state index contributed by atoms with van der Waals surface area (Å²) in [4.78, 5) is 20.5. The summed E-state index contributed by atoms with van der Waals surface area (Å²) in [6, 6.07) is 5.80. The number of aromatic carboxylic acids is 1. The largest absolute Gasteiger partial charge is 0.477 e. The summed E-state index contributed by atoms with van der Waals surface area (Å²) in [6.45, 7) is 1.68. The van der Waals surface area contributed by atoms with E-state index in [-0.39, 0.29) is 4.88 Å². The SMILES string of the molecule is Cc1nc(-c2cc3ccnc(C#N)c3s2)sc1C(=O)O. The molecule has 0 amide bonds. The first-order chi connectivity index (χ1) is 9.60. The van der Waals surface area contributed by atoms with E-state index < -0.39 is 5.97 Å². The van der Waals surface area contributed by atoms with Gasteiger partial charge in [0.25, 0.3) is 0 Å². The normalized spacial score (nSPS) is 10.6. The number of thiophene rings is 1. The number of thiazole rings is 1. The second kappa shape index (κ2) is 4.67. The third-order valence-electron chi connectivity index (χ3n) is 2.74. The monoisotopic (exact) mass is 301 g/mol. The Bertz CT molecular complexity index is 873. The van der Waals surface area contributed by atoms with E-state index in [1.165, 1.54) is 11.3 Å². The van der Waals surface area contributed by atoms with Crippen LogP contribution in [0.25, 0.3) is 20.0 Å². The fraction of sp³-hybridized carbons (Fsp3) is 0.0769. The van der Waals surface area contributed by atoms with E-state index >= 15 is 0 Å². The molecule has 98 valence electrons. The predicted molar refractivity (Wildman–Crippen MR) is 77.1 cm³/mol. The Morgan fingerprint density at radius 3 is 2.90 bits per heavy atom. The molecule has 7 heteroatoms. The molecule has 1 N–H and O–H groups in total. The van der Waals surface area contributed by atoms with E-state index in [1.807, 2.05) is 12.1 Å². The predicted octanol–water partition coefficient (Wildman–Crippen LogP) is 3.30. The van der Waals surface area contributed by atoms with Crippen LogP contribution in [-0.2, 0) is 0 Å². The Hall–Kier alpha value is -2.30. The van der Waals surface area contributed by atoms with Crippen LogP contribution in [0.2, 0.25) is 0 Å². The molecule has 0 aliphatic rings. The number of pyridine rings is 1. The van der Waals surface area contributed by atoms with Crippen molar-refractivity contribution in [2.75, 3.05) is 0 Å². The van der Waals surface area contributed by atoms with Crippen molar-refractivity contribution in [2.45, 2.75) is 6.92 Å². The van der Waals surface area contributed by atoms with Gasteiger partial charge in [-0.1, -0.05) is 0 Å². The standard InChI is InChI=1S/C13H7N3O2S2/c1-6-10(13(17)18)20-12(16-6)9-4-7-2-3-15-8(5-14)11(7)19-9/h2-4H,1H3,(H,17,18). The molecule has 0 saturated carbocycles. The van der Waals surface area contributed by atoms with Gasteiger partial charge in [0.2, 0.25) is 0 Å². The van der Waals surface area contributed by atoms with Crippen molar-refractivity contribution in [3.63, 3.8) is 0 Å². The zero-order chi connectivity index (χ0) is 14.3. The van der Waals surface area contributed by atoms with Crippen LogP contribution in [0, 0.1) is 18.3 Å². The fourth-order valence-corrected chi connectivity index (χ4v) is 3.89. The lowest BCUT2D eigenvalue weighted by molar-refractivity contribution is 0.0701. The number of nitriles is 1. The summed E-state index contributed by atoms with van der Waals surface area (Å²) in [5, 5.41) is 19.7. The van der Waals surface area contributed by atoms with Crippen molar-refractivity contribution in [2.24, 2.45) is 0 Å². The first-order valence-corrected chi connectivity index (χ1v) is 7.23. The molecular weight excluding hydrogens is 294 g/mol. The molecular formula is C13H7N3O2S2. The van der Waals surface area contributed by atoms with Crippen molar-refractivity contribution in [1.29, 1.82) is 5.26 Å². The Labute approximate surface area is 121 Å². The maximum Gasteiger partial charge on any atom is 0.347 e. The minimum absolute atomic E-state index is 0.246. The third kappa shape index (κ3) is 1.95. The molecule has 0 fully saturated rings. The number of nitrogens with zero attached hydrogens (tertiary/aromatic N) is 3. The van der Waals surface area contributed by atoms with Crippen LogP contribution < -0.4 is 0 Å². The van der Waals surface area contributed by atoms with Gasteiger partial charge in [-0.15, -0.1) is 22.7 Å². The Kier molecular flexibility index (Phi) is 2.97. The molecule has 0 aromatic carbocycles. The third-order valence-corrected chi connectivity index (χ3v) is 5.21. The van der Waals surface area contributed by atoms with Gasteiger partial charge < -0.3 is 5.11 Å². The molecule has 0 saturated heterocycles. The fourth-order valence-electron chi connectivity index (χ4n) is 1.85. The van der Waals surface area contributed by atoms with Crippen LogP contribution >= 0.6 is 22.7 Å². The van der Waals surface area contributed by atoms with Crippen LogP contribution in [0.15, 0.2) is 18.3 Å². The molecule has 0 aliphatic heterocycles. The van der Waals surface area contributed by atoms with Gasteiger partial charge >= 0.3 is 5.97 Å². The van der Waals surface area contributed by atoms with Gasteiger partial charge in [-0.05, 0) is 24.4 Å². The first-order valence-electron chi connectivity index (χ1n) is 5.60. The molecule has 3 aromatic heterocycles. The molecule has 5 nitrogen and oxygen atoms in total. The van der Waals surface area contributed by atoms with E-state index in [2.05, 4.69) is 16.0 Å². The Balaban J connectivity index is 2.18. The topological polar surface area (TPSA) is 86.9 Å². The number of hydrogen-bond acceptors (Lipinski definition) is 6. The van der Waals surface area contributed by atoms with Crippen molar-refractivity contribution in [3.8, 4) is 16.0 Å². The van der Waals surface area contributed by atoms with Gasteiger partial charge in [0.05, 0.1) is 15.3 Å².